The second-order valence-electron chi connectivity index (χ2n) is 10.8. The Morgan fingerprint density at radius 2 is 1.80 bits per heavy atom. The standard InChI is InChI=1S/C24H37N3O5.C7H7F/c1-6-31-21(29)15-17-26(5)20(28)12-8-7-11-19-14-13-18-10-9-16-27(22(18)25-19)23(30)32-24(2,3)4;1-6-4-2-3-5-7(6)8/h13-14H,6-12,15-17H2,1-5H3;2-5H,1H3. The van der Waals surface area contributed by atoms with Crippen LogP contribution in [-0.2, 0) is 31.9 Å². The predicted octanol–water partition coefficient (Wildman–Crippen LogP) is 6.03. The molecule has 0 unspecified atom stereocenters. The van der Waals surface area contributed by atoms with Crippen LogP contribution in [0.15, 0.2) is 36.4 Å². The van der Waals surface area contributed by atoms with Crippen LogP contribution < -0.4 is 4.90 Å². The van der Waals surface area contributed by atoms with Gasteiger partial charge in [0.25, 0.3) is 0 Å². The highest BCUT2D eigenvalue weighted by atomic mass is 19.1. The molecule has 1 aromatic carbocycles. The zero-order valence-corrected chi connectivity index (χ0v) is 24.8. The Morgan fingerprint density at radius 1 is 1.07 bits per heavy atom. The number of amides is 2. The van der Waals surface area contributed by atoms with E-state index in [4.69, 9.17) is 14.5 Å². The van der Waals surface area contributed by atoms with Crippen molar-refractivity contribution in [1.82, 2.24) is 9.88 Å². The normalized spacial score (nSPS) is 12.5. The Balaban J connectivity index is 0.000000598. The molecule has 3 rings (SSSR count). The number of halogens is 1. The molecule has 9 heteroatoms. The van der Waals surface area contributed by atoms with E-state index in [1.54, 1.807) is 42.8 Å². The molecule has 40 heavy (non-hydrogen) atoms. The molecule has 2 amide bonds. The van der Waals surface area contributed by atoms with E-state index in [1.807, 2.05) is 39.0 Å². The van der Waals surface area contributed by atoms with E-state index >= 15 is 0 Å². The molecule has 0 saturated heterocycles. The fraction of sp³-hybridized carbons (Fsp3) is 0.548. The van der Waals surface area contributed by atoms with Gasteiger partial charge in [0.15, 0.2) is 0 Å². The average Bonchev–Trinajstić information content (AvgIpc) is 2.90. The van der Waals surface area contributed by atoms with Crippen molar-refractivity contribution in [2.75, 3.05) is 31.6 Å². The first-order valence-corrected chi connectivity index (χ1v) is 14.0. The summed E-state index contributed by atoms with van der Waals surface area (Å²) in [5.74, 6) is 0.292. The molecular weight excluding hydrogens is 513 g/mol. The summed E-state index contributed by atoms with van der Waals surface area (Å²) in [5, 5.41) is 0. The van der Waals surface area contributed by atoms with Crippen LogP contribution in [0.5, 0.6) is 0 Å². The second kappa shape index (κ2) is 15.9. The molecule has 8 nitrogen and oxygen atoms in total. The minimum absolute atomic E-state index is 0.0174. The number of esters is 1. The second-order valence-corrected chi connectivity index (χ2v) is 10.8. The summed E-state index contributed by atoms with van der Waals surface area (Å²) in [6.45, 7) is 10.4. The molecular formula is C31H44FN3O5. The van der Waals surface area contributed by atoms with E-state index in [0.717, 1.165) is 43.4 Å². The van der Waals surface area contributed by atoms with Crippen LogP contribution >= 0.6 is 0 Å². The lowest BCUT2D eigenvalue weighted by Crippen LogP contribution is -2.40. The zero-order chi connectivity index (χ0) is 29.7. The van der Waals surface area contributed by atoms with Gasteiger partial charge in [-0.25, -0.2) is 14.2 Å². The molecule has 0 spiro atoms. The summed E-state index contributed by atoms with van der Waals surface area (Å²) in [5.41, 5.74) is 2.11. The van der Waals surface area contributed by atoms with Crippen molar-refractivity contribution in [3.63, 3.8) is 0 Å². The Hall–Kier alpha value is -3.49. The van der Waals surface area contributed by atoms with Gasteiger partial charge >= 0.3 is 12.1 Å². The third-order valence-corrected chi connectivity index (χ3v) is 6.24. The van der Waals surface area contributed by atoms with E-state index in [2.05, 4.69) is 0 Å². The molecule has 0 N–H and O–H groups in total. The zero-order valence-electron chi connectivity index (χ0n) is 24.8. The van der Waals surface area contributed by atoms with Crippen LogP contribution in [-0.4, -0.2) is 60.2 Å². The van der Waals surface area contributed by atoms with Gasteiger partial charge < -0.3 is 14.4 Å². The maximum absolute atomic E-state index is 12.6. The molecule has 0 fully saturated rings. The highest BCUT2D eigenvalue weighted by molar-refractivity contribution is 5.88. The van der Waals surface area contributed by atoms with Crippen molar-refractivity contribution in [2.45, 2.75) is 85.2 Å². The number of hydrogen-bond acceptors (Lipinski definition) is 6. The molecule has 220 valence electrons. The average molecular weight is 558 g/mol. The highest BCUT2D eigenvalue weighted by Crippen LogP contribution is 2.27. The SMILES string of the molecule is CCOC(=O)CCN(C)C(=O)CCCCc1ccc2c(n1)N(C(=O)OC(C)(C)C)CCC2.Cc1ccccc1F. The van der Waals surface area contributed by atoms with Crippen molar-refractivity contribution < 1.29 is 28.2 Å². The van der Waals surface area contributed by atoms with Gasteiger partial charge in [-0.05, 0) is 90.0 Å². The molecule has 1 aromatic heterocycles. The number of nitrogens with zero attached hydrogens (tertiary/aromatic N) is 3. The lowest BCUT2D eigenvalue weighted by molar-refractivity contribution is -0.143. The first-order chi connectivity index (χ1) is 18.9. The lowest BCUT2D eigenvalue weighted by Gasteiger charge is -2.31. The van der Waals surface area contributed by atoms with Crippen molar-refractivity contribution in [2.24, 2.45) is 0 Å². The number of carbonyl (C=O) groups excluding carboxylic acids is 3. The number of benzene rings is 1. The molecule has 0 atom stereocenters. The van der Waals surface area contributed by atoms with E-state index < -0.39 is 5.60 Å². The maximum atomic E-state index is 12.6. The summed E-state index contributed by atoms with van der Waals surface area (Å²) in [6.07, 6.45) is 4.34. The van der Waals surface area contributed by atoms with Gasteiger partial charge in [0.05, 0.1) is 13.0 Å². The smallest absolute Gasteiger partial charge is 0.416 e. The van der Waals surface area contributed by atoms with Gasteiger partial charge in [-0.3, -0.25) is 14.5 Å². The number of rotatable bonds is 9. The van der Waals surface area contributed by atoms with Crippen LogP contribution in [0.2, 0.25) is 0 Å². The minimum atomic E-state index is -0.553. The number of aryl methyl sites for hydroxylation is 3. The van der Waals surface area contributed by atoms with Crippen LogP contribution in [0.25, 0.3) is 0 Å². The monoisotopic (exact) mass is 557 g/mol. The molecule has 0 bridgehead atoms. The quantitative estimate of drug-likeness (QED) is 0.276. The van der Waals surface area contributed by atoms with Crippen molar-refractivity contribution in [3.8, 4) is 0 Å². The summed E-state index contributed by atoms with van der Waals surface area (Å²) in [6, 6.07) is 10.7. The first-order valence-electron chi connectivity index (χ1n) is 14.0. The Morgan fingerprint density at radius 3 is 2.42 bits per heavy atom. The lowest BCUT2D eigenvalue weighted by atomic mass is 10.0. The van der Waals surface area contributed by atoms with E-state index in [1.165, 1.54) is 6.07 Å². The largest absolute Gasteiger partial charge is 0.466 e. The summed E-state index contributed by atoms with van der Waals surface area (Å²) < 4.78 is 22.8. The summed E-state index contributed by atoms with van der Waals surface area (Å²) in [7, 11) is 1.71. The molecule has 1 aliphatic heterocycles. The predicted molar refractivity (Wildman–Crippen MR) is 154 cm³/mol. The number of aromatic nitrogens is 1. The van der Waals surface area contributed by atoms with Crippen LogP contribution in [0.4, 0.5) is 15.0 Å². The topological polar surface area (TPSA) is 89.0 Å². The molecule has 2 aromatic rings. The van der Waals surface area contributed by atoms with Gasteiger partial charge in [-0.15, -0.1) is 0 Å². The van der Waals surface area contributed by atoms with Gasteiger partial charge in [0.1, 0.15) is 17.2 Å². The van der Waals surface area contributed by atoms with Crippen LogP contribution in [0.1, 0.15) is 76.6 Å². The summed E-state index contributed by atoms with van der Waals surface area (Å²) >= 11 is 0. The third-order valence-electron chi connectivity index (χ3n) is 6.24. The molecule has 0 radical (unpaired) electrons. The Bertz CT molecular complexity index is 1110. The van der Waals surface area contributed by atoms with Crippen molar-refractivity contribution in [3.05, 3.63) is 59.0 Å². The summed E-state index contributed by atoms with van der Waals surface area (Å²) in [4.78, 5) is 44.2. The number of pyridine rings is 1. The van der Waals surface area contributed by atoms with Gasteiger partial charge in [0.2, 0.25) is 5.91 Å². The van der Waals surface area contributed by atoms with Crippen molar-refractivity contribution >= 4 is 23.8 Å². The van der Waals surface area contributed by atoms with E-state index in [-0.39, 0.29) is 30.2 Å². The number of unbranched alkanes of at least 4 members (excludes halogenated alkanes) is 1. The van der Waals surface area contributed by atoms with E-state index in [0.29, 0.717) is 37.5 Å². The molecule has 0 aliphatic carbocycles. The number of fused-ring (bicyclic) bond motifs is 1. The van der Waals surface area contributed by atoms with Gasteiger partial charge in [-0.1, -0.05) is 24.3 Å². The van der Waals surface area contributed by atoms with Crippen LogP contribution in [0, 0.1) is 12.7 Å². The molecule has 1 aliphatic rings. The third kappa shape index (κ3) is 11.3. The van der Waals surface area contributed by atoms with Crippen LogP contribution in [0.3, 0.4) is 0 Å². The molecule has 2 heterocycles. The fourth-order valence-electron chi connectivity index (χ4n) is 4.05. The van der Waals surface area contributed by atoms with Gasteiger partial charge in [-0.2, -0.15) is 0 Å². The number of ether oxygens (including phenoxy) is 2. The number of anilines is 1. The number of hydrogen-bond donors (Lipinski definition) is 0. The maximum Gasteiger partial charge on any atom is 0.416 e. The minimum Gasteiger partial charge on any atom is -0.466 e. The number of carbonyl (C=O) groups is 3. The van der Waals surface area contributed by atoms with Crippen molar-refractivity contribution in [1.29, 1.82) is 0 Å². The van der Waals surface area contributed by atoms with Gasteiger partial charge in [0, 0.05) is 32.3 Å². The first kappa shape index (κ1) is 32.7. The fourth-order valence-corrected chi connectivity index (χ4v) is 4.05. The Labute approximate surface area is 237 Å². The highest BCUT2D eigenvalue weighted by Gasteiger charge is 2.28. The van der Waals surface area contributed by atoms with E-state index in [9.17, 15) is 18.8 Å². The molecule has 0 saturated carbocycles. The Kier molecular flexibility index (Phi) is 13.0.